The van der Waals surface area contributed by atoms with Crippen LogP contribution in [0.1, 0.15) is 34.0 Å². The summed E-state index contributed by atoms with van der Waals surface area (Å²) in [6, 6.07) is 5.28. The molecule has 0 saturated heterocycles. The Morgan fingerprint density at radius 3 is 2.40 bits per heavy atom. The molecule has 0 saturated carbocycles. The summed E-state index contributed by atoms with van der Waals surface area (Å²) in [5, 5.41) is 4.23. The highest BCUT2D eigenvalue weighted by atomic mass is 32.1. The molecule has 0 aliphatic carbocycles. The van der Waals surface area contributed by atoms with E-state index in [1.54, 1.807) is 11.3 Å². The van der Waals surface area contributed by atoms with Crippen molar-refractivity contribution in [3.8, 4) is 0 Å². The predicted octanol–water partition coefficient (Wildman–Crippen LogP) is 4.32. The first kappa shape index (κ1) is 15.0. The van der Waals surface area contributed by atoms with Gasteiger partial charge in [-0.3, -0.25) is 0 Å². The second kappa shape index (κ2) is 5.93. The molecule has 0 aliphatic rings. The maximum atomic E-state index is 12.4. The normalized spacial score (nSPS) is 13.4. The van der Waals surface area contributed by atoms with Crippen LogP contribution < -0.4 is 5.32 Å². The maximum Gasteiger partial charge on any atom is 0.416 e. The molecule has 2 nitrogen and oxygen atoms in total. The average Bonchev–Trinajstić information content (AvgIpc) is 2.82. The summed E-state index contributed by atoms with van der Waals surface area (Å²) in [4.78, 5) is 5.42. The van der Waals surface area contributed by atoms with Gasteiger partial charge < -0.3 is 5.32 Å². The quantitative estimate of drug-likeness (QED) is 0.909. The number of thiazole rings is 1. The number of alkyl halides is 3. The zero-order valence-electron chi connectivity index (χ0n) is 11.2. The first-order valence-corrected chi connectivity index (χ1v) is 7.00. The highest BCUT2D eigenvalue weighted by Gasteiger charge is 2.29. The van der Waals surface area contributed by atoms with Gasteiger partial charge in [-0.1, -0.05) is 12.1 Å². The Bertz CT molecular complexity index is 561. The van der Waals surface area contributed by atoms with Crippen molar-refractivity contribution in [2.75, 3.05) is 0 Å². The third-order valence-corrected chi connectivity index (χ3v) is 4.00. The zero-order chi connectivity index (χ0) is 14.8. The number of aromatic nitrogens is 1. The van der Waals surface area contributed by atoms with Gasteiger partial charge in [-0.2, -0.15) is 13.2 Å². The Kier molecular flexibility index (Phi) is 4.45. The van der Waals surface area contributed by atoms with Crippen molar-refractivity contribution < 1.29 is 13.2 Å². The van der Waals surface area contributed by atoms with E-state index in [0.717, 1.165) is 27.6 Å². The van der Waals surface area contributed by atoms with E-state index in [0.29, 0.717) is 6.54 Å². The lowest BCUT2D eigenvalue weighted by atomic mass is 10.1. The lowest BCUT2D eigenvalue weighted by Crippen LogP contribution is -2.18. The maximum absolute atomic E-state index is 12.4. The monoisotopic (exact) mass is 300 g/mol. The summed E-state index contributed by atoms with van der Waals surface area (Å²) in [5.74, 6) is 0. The van der Waals surface area contributed by atoms with Gasteiger partial charge in [0.15, 0.2) is 0 Å². The van der Waals surface area contributed by atoms with Gasteiger partial charge in [0, 0.05) is 17.6 Å². The van der Waals surface area contributed by atoms with Crippen LogP contribution in [-0.4, -0.2) is 4.98 Å². The fourth-order valence-corrected chi connectivity index (χ4v) is 2.54. The third kappa shape index (κ3) is 3.80. The molecule has 0 bridgehead atoms. The molecule has 1 atom stereocenters. The van der Waals surface area contributed by atoms with Crippen LogP contribution in [0.4, 0.5) is 13.2 Å². The van der Waals surface area contributed by atoms with Crippen LogP contribution in [0.2, 0.25) is 0 Å². The highest BCUT2D eigenvalue weighted by molar-refractivity contribution is 7.11. The topological polar surface area (TPSA) is 24.9 Å². The van der Waals surface area contributed by atoms with Gasteiger partial charge >= 0.3 is 6.18 Å². The minimum absolute atomic E-state index is 0.0796. The number of benzene rings is 1. The summed E-state index contributed by atoms with van der Waals surface area (Å²) in [6.45, 7) is 4.49. The summed E-state index contributed by atoms with van der Waals surface area (Å²) in [6.07, 6.45) is -2.46. The molecule has 1 aromatic carbocycles. The molecule has 2 aromatic rings. The van der Waals surface area contributed by atoms with Gasteiger partial charge in [0.25, 0.3) is 0 Å². The van der Waals surface area contributed by atoms with Crippen LogP contribution in [0.3, 0.4) is 0 Å². The van der Waals surface area contributed by atoms with Gasteiger partial charge in [-0.25, -0.2) is 4.98 Å². The van der Waals surface area contributed by atoms with Gasteiger partial charge in [0.05, 0.1) is 11.6 Å². The SMILES string of the molecule is Cc1cnc(C(C)NCc2ccc(C(F)(F)F)cc2)s1. The lowest BCUT2D eigenvalue weighted by Gasteiger charge is -2.12. The minimum Gasteiger partial charge on any atom is -0.304 e. The molecular weight excluding hydrogens is 285 g/mol. The van der Waals surface area contributed by atoms with Crippen molar-refractivity contribution in [3.63, 3.8) is 0 Å². The van der Waals surface area contributed by atoms with E-state index < -0.39 is 11.7 Å². The van der Waals surface area contributed by atoms with E-state index in [-0.39, 0.29) is 6.04 Å². The van der Waals surface area contributed by atoms with Gasteiger partial charge in [0.2, 0.25) is 0 Å². The molecule has 108 valence electrons. The summed E-state index contributed by atoms with van der Waals surface area (Å²) < 4.78 is 37.3. The van der Waals surface area contributed by atoms with Crippen molar-refractivity contribution in [1.29, 1.82) is 0 Å². The smallest absolute Gasteiger partial charge is 0.304 e. The molecular formula is C14H15F3N2S. The number of halogens is 3. The summed E-state index contributed by atoms with van der Waals surface area (Å²) >= 11 is 1.61. The van der Waals surface area contributed by atoms with Crippen molar-refractivity contribution >= 4 is 11.3 Å². The molecule has 6 heteroatoms. The molecule has 0 radical (unpaired) electrons. The summed E-state index contributed by atoms with van der Waals surface area (Å²) in [5.41, 5.74) is 0.197. The van der Waals surface area contributed by atoms with Gasteiger partial charge in [-0.05, 0) is 31.5 Å². The van der Waals surface area contributed by atoms with Crippen molar-refractivity contribution in [1.82, 2.24) is 10.3 Å². The Labute approximate surface area is 119 Å². The Balaban J connectivity index is 1.94. The molecule has 0 amide bonds. The first-order chi connectivity index (χ1) is 9.36. The van der Waals surface area contributed by atoms with E-state index in [4.69, 9.17) is 0 Å². The van der Waals surface area contributed by atoms with Crippen LogP contribution in [0.5, 0.6) is 0 Å². The van der Waals surface area contributed by atoms with E-state index in [2.05, 4.69) is 10.3 Å². The van der Waals surface area contributed by atoms with Crippen LogP contribution >= 0.6 is 11.3 Å². The molecule has 1 N–H and O–H groups in total. The fourth-order valence-electron chi connectivity index (χ4n) is 1.74. The van der Waals surface area contributed by atoms with Crippen LogP contribution in [0.15, 0.2) is 30.5 Å². The second-order valence-electron chi connectivity index (χ2n) is 4.61. The molecule has 0 fully saturated rings. The van der Waals surface area contributed by atoms with Crippen LogP contribution in [0, 0.1) is 6.92 Å². The molecule has 2 rings (SSSR count). The molecule has 1 heterocycles. The lowest BCUT2D eigenvalue weighted by molar-refractivity contribution is -0.137. The number of nitrogens with one attached hydrogen (secondary N) is 1. The van der Waals surface area contributed by atoms with Crippen molar-refractivity contribution in [3.05, 3.63) is 51.5 Å². The largest absolute Gasteiger partial charge is 0.416 e. The number of rotatable bonds is 4. The van der Waals surface area contributed by atoms with Crippen molar-refractivity contribution in [2.24, 2.45) is 0 Å². The Morgan fingerprint density at radius 2 is 1.90 bits per heavy atom. The van der Waals surface area contributed by atoms with Crippen molar-refractivity contribution in [2.45, 2.75) is 32.6 Å². The molecule has 0 aliphatic heterocycles. The van der Waals surface area contributed by atoms with E-state index in [1.807, 2.05) is 20.0 Å². The highest BCUT2D eigenvalue weighted by Crippen LogP contribution is 2.29. The van der Waals surface area contributed by atoms with Gasteiger partial charge in [-0.15, -0.1) is 11.3 Å². The van der Waals surface area contributed by atoms with E-state index in [9.17, 15) is 13.2 Å². The third-order valence-electron chi connectivity index (χ3n) is 2.90. The van der Waals surface area contributed by atoms with Crippen LogP contribution in [0.25, 0.3) is 0 Å². The minimum atomic E-state index is -4.28. The van der Waals surface area contributed by atoms with E-state index in [1.165, 1.54) is 12.1 Å². The molecule has 20 heavy (non-hydrogen) atoms. The first-order valence-electron chi connectivity index (χ1n) is 6.18. The molecule has 1 aromatic heterocycles. The number of nitrogens with zero attached hydrogens (tertiary/aromatic N) is 1. The summed E-state index contributed by atoms with van der Waals surface area (Å²) in [7, 11) is 0. The fraction of sp³-hybridized carbons (Fsp3) is 0.357. The van der Waals surface area contributed by atoms with Gasteiger partial charge in [0.1, 0.15) is 5.01 Å². The molecule has 0 spiro atoms. The molecule has 1 unspecified atom stereocenters. The van der Waals surface area contributed by atoms with Crippen LogP contribution in [-0.2, 0) is 12.7 Å². The second-order valence-corrected chi connectivity index (χ2v) is 5.87. The number of hydrogen-bond donors (Lipinski definition) is 1. The Morgan fingerprint density at radius 1 is 1.25 bits per heavy atom. The predicted molar refractivity (Wildman–Crippen MR) is 73.5 cm³/mol. The van der Waals surface area contributed by atoms with E-state index >= 15 is 0 Å². The zero-order valence-corrected chi connectivity index (χ0v) is 12.0. The average molecular weight is 300 g/mol. The number of aryl methyl sites for hydroxylation is 1. The standard InChI is InChI=1S/C14H15F3N2S/c1-9-7-19-13(20-9)10(2)18-8-11-3-5-12(6-4-11)14(15,16)17/h3-7,10,18H,8H2,1-2H3. The number of hydrogen-bond acceptors (Lipinski definition) is 3. The Hall–Kier alpha value is -1.40.